The highest BCUT2D eigenvalue weighted by Gasteiger charge is 2.35. The summed E-state index contributed by atoms with van der Waals surface area (Å²) in [5.74, 6) is 2.35. The number of hydrogen-bond acceptors (Lipinski definition) is 5. The molecule has 0 unspecified atom stereocenters. The number of carbonyl (C=O) groups excluding carboxylic acids is 1. The highest BCUT2D eigenvalue weighted by Crippen LogP contribution is 2.42. The van der Waals surface area contributed by atoms with E-state index in [1.165, 1.54) is 25.3 Å². The molecule has 1 N–H and O–H groups in total. The summed E-state index contributed by atoms with van der Waals surface area (Å²) < 4.78 is 11.8. The molecule has 0 aliphatic heterocycles. The average Bonchev–Trinajstić information content (AvgIpc) is 3.31. The number of benzene rings is 1. The molecule has 3 atom stereocenters. The Morgan fingerprint density at radius 3 is 2.78 bits per heavy atom. The van der Waals surface area contributed by atoms with Gasteiger partial charge in [-0.2, -0.15) is 5.10 Å². The number of allylic oxidation sites excluding steroid dienone is 2. The maximum absolute atomic E-state index is 12.9. The van der Waals surface area contributed by atoms with Crippen molar-refractivity contribution in [2.24, 2.45) is 17.8 Å². The van der Waals surface area contributed by atoms with E-state index in [-0.39, 0.29) is 18.0 Å². The first-order chi connectivity index (χ1) is 13.1. The predicted molar refractivity (Wildman–Crippen MR) is 101 cm³/mol. The molecular weight excluding hydrogens is 346 g/mol. The summed E-state index contributed by atoms with van der Waals surface area (Å²) in [6, 6.07) is 3.47. The van der Waals surface area contributed by atoms with E-state index in [4.69, 9.17) is 9.47 Å². The minimum atomic E-state index is -0.374. The third-order valence-corrected chi connectivity index (χ3v) is 5.63. The molecule has 1 aromatic carbocycles. The van der Waals surface area contributed by atoms with Gasteiger partial charge >= 0.3 is 0 Å². The van der Waals surface area contributed by atoms with E-state index < -0.39 is 0 Å². The third kappa shape index (κ3) is 3.18. The SMILES string of the molecule is COc1ccc2cnn(CC(=O)NC[C@H]3C[C@H]4C=C[C@@H]3C4)c(=O)c2c1OC. The Bertz CT molecular complexity index is 966. The van der Waals surface area contributed by atoms with Crippen molar-refractivity contribution in [2.45, 2.75) is 19.4 Å². The Labute approximate surface area is 157 Å². The quantitative estimate of drug-likeness (QED) is 0.785. The van der Waals surface area contributed by atoms with Crippen LogP contribution in [-0.2, 0) is 11.3 Å². The fraction of sp³-hybridized carbons (Fsp3) is 0.450. The van der Waals surface area contributed by atoms with E-state index in [1.54, 1.807) is 18.3 Å². The van der Waals surface area contributed by atoms with Gasteiger partial charge in [0.25, 0.3) is 5.56 Å². The highest BCUT2D eigenvalue weighted by atomic mass is 16.5. The molecule has 1 amide bonds. The maximum atomic E-state index is 12.9. The number of fused-ring (bicyclic) bond motifs is 3. The van der Waals surface area contributed by atoms with Crippen molar-refractivity contribution < 1.29 is 14.3 Å². The number of carbonyl (C=O) groups is 1. The number of rotatable bonds is 6. The summed E-state index contributed by atoms with van der Waals surface area (Å²) in [4.78, 5) is 25.2. The molecule has 7 nitrogen and oxygen atoms in total. The molecule has 0 saturated heterocycles. The summed E-state index contributed by atoms with van der Waals surface area (Å²) >= 11 is 0. The van der Waals surface area contributed by atoms with E-state index >= 15 is 0 Å². The monoisotopic (exact) mass is 369 g/mol. The largest absolute Gasteiger partial charge is 0.493 e. The van der Waals surface area contributed by atoms with Crippen LogP contribution < -0.4 is 20.3 Å². The van der Waals surface area contributed by atoms with Gasteiger partial charge in [0.1, 0.15) is 6.54 Å². The minimum absolute atomic E-state index is 0.119. The van der Waals surface area contributed by atoms with Gasteiger partial charge in [-0.05, 0) is 42.7 Å². The lowest BCUT2D eigenvalue weighted by atomic mass is 9.94. The lowest BCUT2D eigenvalue weighted by molar-refractivity contribution is -0.122. The van der Waals surface area contributed by atoms with Crippen LogP contribution in [-0.4, -0.2) is 36.5 Å². The molecule has 2 aromatic rings. The fourth-order valence-electron chi connectivity index (χ4n) is 4.26. The zero-order valence-electron chi connectivity index (χ0n) is 15.5. The highest BCUT2D eigenvalue weighted by molar-refractivity contribution is 5.89. The Balaban J connectivity index is 1.51. The fourth-order valence-corrected chi connectivity index (χ4v) is 4.26. The van der Waals surface area contributed by atoms with Crippen LogP contribution in [0.3, 0.4) is 0 Å². The first kappa shape index (κ1) is 17.6. The van der Waals surface area contributed by atoms with Crippen LogP contribution in [0.25, 0.3) is 10.8 Å². The lowest BCUT2D eigenvalue weighted by Gasteiger charge is -2.18. The van der Waals surface area contributed by atoms with Crippen molar-refractivity contribution in [1.82, 2.24) is 15.1 Å². The topological polar surface area (TPSA) is 82.5 Å². The Morgan fingerprint density at radius 2 is 2.11 bits per heavy atom. The van der Waals surface area contributed by atoms with Crippen molar-refractivity contribution in [3.05, 3.63) is 40.8 Å². The standard InChI is InChI=1S/C20H23N3O4/c1-26-16-6-5-14-10-22-23(20(25)18(14)19(16)27-2)11-17(24)21-9-15-8-12-3-4-13(15)7-12/h3-6,10,12-13,15H,7-9,11H2,1-2H3,(H,21,24)/t12-,13+,15+/m0/s1. The molecule has 2 aliphatic rings. The first-order valence-corrected chi connectivity index (χ1v) is 9.16. The van der Waals surface area contributed by atoms with E-state index in [1.807, 2.05) is 0 Å². The van der Waals surface area contributed by atoms with E-state index in [0.29, 0.717) is 46.6 Å². The maximum Gasteiger partial charge on any atom is 0.279 e. The van der Waals surface area contributed by atoms with Crippen molar-refractivity contribution in [3.63, 3.8) is 0 Å². The van der Waals surface area contributed by atoms with Gasteiger partial charge in [0.15, 0.2) is 11.5 Å². The first-order valence-electron chi connectivity index (χ1n) is 9.16. The van der Waals surface area contributed by atoms with Gasteiger partial charge in [-0.25, -0.2) is 4.68 Å². The molecule has 2 aliphatic carbocycles. The van der Waals surface area contributed by atoms with Crippen LogP contribution in [0, 0.1) is 17.8 Å². The summed E-state index contributed by atoms with van der Waals surface area (Å²) in [6.45, 7) is 0.523. The van der Waals surface area contributed by atoms with Crippen LogP contribution in [0.15, 0.2) is 35.3 Å². The summed E-state index contributed by atoms with van der Waals surface area (Å²) in [6.07, 6.45) is 8.44. The van der Waals surface area contributed by atoms with Crippen molar-refractivity contribution >= 4 is 16.7 Å². The molecule has 1 fully saturated rings. The van der Waals surface area contributed by atoms with E-state index in [2.05, 4.69) is 22.6 Å². The third-order valence-electron chi connectivity index (χ3n) is 5.63. The van der Waals surface area contributed by atoms with E-state index in [9.17, 15) is 9.59 Å². The zero-order chi connectivity index (χ0) is 19.0. The minimum Gasteiger partial charge on any atom is -0.493 e. The number of aromatic nitrogens is 2. The van der Waals surface area contributed by atoms with Crippen molar-refractivity contribution in [2.75, 3.05) is 20.8 Å². The number of nitrogens with one attached hydrogen (secondary N) is 1. The molecule has 2 bridgehead atoms. The summed E-state index contributed by atoms with van der Waals surface area (Å²) in [7, 11) is 3.00. The molecule has 7 heteroatoms. The predicted octanol–water partition coefficient (Wildman–Crippen LogP) is 1.74. The second-order valence-electron chi connectivity index (χ2n) is 7.22. The molecule has 4 rings (SSSR count). The van der Waals surface area contributed by atoms with Gasteiger partial charge in [0.2, 0.25) is 5.91 Å². The molecular formula is C20H23N3O4. The Hall–Kier alpha value is -2.83. The molecule has 1 heterocycles. The van der Waals surface area contributed by atoms with Crippen molar-refractivity contribution in [3.8, 4) is 11.5 Å². The van der Waals surface area contributed by atoms with E-state index in [0.717, 1.165) is 6.42 Å². The molecule has 1 saturated carbocycles. The number of hydrogen-bond donors (Lipinski definition) is 1. The summed E-state index contributed by atoms with van der Waals surface area (Å²) in [5, 5.41) is 8.09. The van der Waals surface area contributed by atoms with Crippen molar-refractivity contribution in [1.29, 1.82) is 0 Å². The molecule has 142 valence electrons. The second kappa shape index (κ2) is 7.06. The Morgan fingerprint density at radius 1 is 1.26 bits per heavy atom. The number of amides is 1. The van der Waals surface area contributed by atoms with Crippen LogP contribution in [0.5, 0.6) is 11.5 Å². The van der Waals surface area contributed by atoms with Gasteiger partial charge in [-0.1, -0.05) is 12.2 Å². The number of ether oxygens (including phenoxy) is 2. The van der Waals surface area contributed by atoms with Gasteiger partial charge in [0, 0.05) is 11.9 Å². The smallest absolute Gasteiger partial charge is 0.279 e. The molecule has 27 heavy (non-hydrogen) atoms. The van der Waals surface area contributed by atoms with Crippen LogP contribution >= 0.6 is 0 Å². The van der Waals surface area contributed by atoms with Gasteiger partial charge in [-0.3, -0.25) is 9.59 Å². The summed E-state index contributed by atoms with van der Waals surface area (Å²) in [5.41, 5.74) is -0.374. The van der Waals surface area contributed by atoms with Crippen LogP contribution in [0.1, 0.15) is 12.8 Å². The zero-order valence-corrected chi connectivity index (χ0v) is 15.5. The normalized spacial score (nSPS) is 23.0. The number of methoxy groups -OCH3 is 2. The molecule has 0 spiro atoms. The Kier molecular flexibility index (Phi) is 4.59. The molecule has 0 radical (unpaired) electrons. The lowest BCUT2D eigenvalue weighted by Crippen LogP contribution is -2.36. The van der Waals surface area contributed by atoms with Crippen LogP contribution in [0.2, 0.25) is 0 Å². The average molecular weight is 369 g/mol. The van der Waals surface area contributed by atoms with Gasteiger partial charge in [0.05, 0.1) is 25.8 Å². The van der Waals surface area contributed by atoms with Gasteiger partial charge < -0.3 is 14.8 Å². The molecule has 1 aromatic heterocycles. The van der Waals surface area contributed by atoms with Crippen LogP contribution in [0.4, 0.5) is 0 Å². The van der Waals surface area contributed by atoms with Gasteiger partial charge in [-0.15, -0.1) is 0 Å². The number of nitrogens with zero attached hydrogens (tertiary/aromatic N) is 2. The second-order valence-corrected chi connectivity index (χ2v) is 7.22.